The third kappa shape index (κ3) is 5.73. The lowest BCUT2D eigenvalue weighted by molar-refractivity contribution is 0.171. The van der Waals surface area contributed by atoms with Gasteiger partial charge in [-0.15, -0.1) is 0 Å². The van der Waals surface area contributed by atoms with Crippen molar-refractivity contribution in [1.29, 1.82) is 0 Å². The Kier molecular flexibility index (Phi) is 8.48. The smallest absolute Gasteiger partial charge is 0.248 e. The highest BCUT2D eigenvalue weighted by atomic mass is 16.3. The van der Waals surface area contributed by atoms with Crippen molar-refractivity contribution in [3.8, 4) is 5.75 Å². The first-order valence-corrected chi connectivity index (χ1v) is 11.9. The number of hydrogen-bond acceptors (Lipinski definition) is 4. The molecule has 1 unspecified atom stereocenters. The van der Waals surface area contributed by atoms with Crippen LogP contribution in [0.25, 0.3) is 10.9 Å². The van der Waals surface area contributed by atoms with Gasteiger partial charge in [0.15, 0.2) is 0 Å². The third-order valence-electron chi connectivity index (χ3n) is 6.42. The van der Waals surface area contributed by atoms with Crippen molar-refractivity contribution in [1.82, 2.24) is 10.3 Å². The molecule has 0 amide bonds. The molecule has 5 heteroatoms. The molecule has 3 aromatic rings. The Morgan fingerprint density at radius 1 is 1.03 bits per heavy atom. The van der Waals surface area contributed by atoms with E-state index in [2.05, 4.69) is 36.3 Å². The molecule has 0 spiro atoms. The Hall–Kier alpha value is -2.89. The molecule has 1 aliphatic carbocycles. The van der Waals surface area contributed by atoms with Crippen molar-refractivity contribution >= 4 is 10.9 Å². The van der Waals surface area contributed by atoms with E-state index in [1.807, 2.05) is 26.0 Å². The maximum absolute atomic E-state index is 11.6. The zero-order valence-corrected chi connectivity index (χ0v) is 20.1. The van der Waals surface area contributed by atoms with Crippen molar-refractivity contribution in [2.24, 2.45) is 0 Å². The topological polar surface area (TPSA) is 85.3 Å². The van der Waals surface area contributed by atoms with Crippen LogP contribution in [0.5, 0.6) is 5.75 Å². The van der Waals surface area contributed by atoms with E-state index in [1.54, 1.807) is 12.1 Å². The van der Waals surface area contributed by atoms with E-state index in [-0.39, 0.29) is 11.3 Å². The van der Waals surface area contributed by atoms with Gasteiger partial charge in [0.2, 0.25) is 5.56 Å². The number of aromatic nitrogens is 1. The molecule has 5 nitrogen and oxygen atoms in total. The molecule has 0 radical (unpaired) electrons. The van der Waals surface area contributed by atoms with Crippen LogP contribution >= 0.6 is 0 Å². The van der Waals surface area contributed by atoms with Gasteiger partial charge in [-0.3, -0.25) is 4.79 Å². The Labute approximate surface area is 196 Å². The highest BCUT2D eigenvalue weighted by molar-refractivity contribution is 5.87. The number of aliphatic hydroxyl groups excluding tert-OH is 1. The van der Waals surface area contributed by atoms with Gasteiger partial charge in [0, 0.05) is 24.0 Å². The van der Waals surface area contributed by atoms with Gasteiger partial charge in [-0.05, 0) is 79.5 Å². The number of hydrogen-bond donors (Lipinski definition) is 4. The van der Waals surface area contributed by atoms with Crippen LogP contribution in [0.1, 0.15) is 61.6 Å². The molecule has 1 aromatic heterocycles. The Morgan fingerprint density at radius 3 is 2.18 bits per heavy atom. The quantitative estimate of drug-likeness (QED) is 0.411. The van der Waals surface area contributed by atoms with E-state index in [4.69, 9.17) is 0 Å². The molecule has 176 valence electrons. The molecule has 33 heavy (non-hydrogen) atoms. The lowest BCUT2D eigenvalue weighted by Crippen LogP contribution is -2.33. The summed E-state index contributed by atoms with van der Waals surface area (Å²) in [6.07, 6.45) is 7.34. The second-order valence-corrected chi connectivity index (χ2v) is 8.58. The fourth-order valence-corrected chi connectivity index (χ4v) is 4.51. The molecule has 0 fully saturated rings. The van der Waals surface area contributed by atoms with Gasteiger partial charge >= 0.3 is 0 Å². The number of rotatable bonds is 6. The van der Waals surface area contributed by atoms with Gasteiger partial charge in [-0.2, -0.15) is 0 Å². The van der Waals surface area contributed by atoms with Gasteiger partial charge in [0.1, 0.15) is 5.75 Å². The monoisotopic (exact) mass is 448 g/mol. The number of aliphatic hydroxyl groups is 1. The summed E-state index contributed by atoms with van der Waals surface area (Å²) in [6, 6.07) is 11.3. The van der Waals surface area contributed by atoms with Gasteiger partial charge in [-0.1, -0.05) is 44.2 Å². The summed E-state index contributed by atoms with van der Waals surface area (Å²) in [5, 5.41) is 25.0. The molecule has 1 aliphatic rings. The number of H-pyrrole nitrogens is 1. The Balaban J connectivity index is 0.000000709. The van der Waals surface area contributed by atoms with E-state index in [0.717, 1.165) is 25.7 Å². The molecule has 0 bridgehead atoms. The van der Waals surface area contributed by atoms with Crippen molar-refractivity contribution in [2.45, 2.75) is 65.5 Å². The van der Waals surface area contributed by atoms with Crippen LogP contribution in [0.15, 0.2) is 53.3 Å². The zero-order valence-electron chi connectivity index (χ0n) is 20.1. The van der Waals surface area contributed by atoms with Crippen molar-refractivity contribution in [2.75, 3.05) is 6.54 Å². The van der Waals surface area contributed by atoms with Gasteiger partial charge in [0.25, 0.3) is 0 Å². The molecule has 4 N–H and O–H groups in total. The molecule has 4 rings (SSSR count). The summed E-state index contributed by atoms with van der Waals surface area (Å²) in [5.41, 5.74) is 6.49. The lowest BCUT2D eigenvalue weighted by Gasteiger charge is -2.18. The predicted molar refractivity (Wildman–Crippen MR) is 136 cm³/mol. The van der Waals surface area contributed by atoms with Crippen LogP contribution in [0.2, 0.25) is 0 Å². The number of benzene rings is 2. The number of aromatic amines is 1. The summed E-state index contributed by atoms with van der Waals surface area (Å²) in [5.74, 6) is 0.00584. The summed E-state index contributed by atoms with van der Waals surface area (Å²) < 4.78 is 0. The number of pyridine rings is 1. The third-order valence-corrected chi connectivity index (χ3v) is 6.42. The van der Waals surface area contributed by atoms with Crippen LogP contribution < -0.4 is 10.9 Å². The zero-order chi connectivity index (χ0) is 24.0. The van der Waals surface area contributed by atoms with E-state index >= 15 is 0 Å². The lowest BCUT2D eigenvalue weighted by atomic mass is 9.97. The van der Waals surface area contributed by atoms with E-state index in [1.165, 1.54) is 34.4 Å². The number of aryl methyl sites for hydroxylation is 2. The molecular formula is C28H36N2O3. The number of aromatic hydroxyl groups is 1. The van der Waals surface area contributed by atoms with Gasteiger partial charge < -0.3 is 20.5 Å². The second-order valence-electron chi connectivity index (χ2n) is 8.58. The Bertz CT molecular complexity index is 1140. The standard InChI is InChI=1S/C24H28N2O3.C4H8/c1-3-14-9-16-11-18(12-17(16)10-15(14)4-2)25-13-22(28)19-5-7-21(27)24-20(19)6-8-23(29)26-24;1-3-4-2/h5-10,18,22,25,27-28H,3-4,11-13H2,1-2H3,(H,26,29);3-4H,1-2H3. The fourth-order valence-electron chi connectivity index (χ4n) is 4.51. The van der Waals surface area contributed by atoms with Crippen LogP contribution in [0, 0.1) is 0 Å². The summed E-state index contributed by atoms with van der Waals surface area (Å²) in [6.45, 7) is 8.83. The molecule has 1 atom stereocenters. The minimum atomic E-state index is -0.731. The summed E-state index contributed by atoms with van der Waals surface area (Å²) >= 11 is 0. The van der Waals surface area contributed by atoms with Crippen LogP contribution in [0.3, 0.4) is 0 Å². The number of nitrogens with one attached hydrogen (secondary N) is 2. The van der Waals surface area contributed by atoms with Crippen LogP contribution in [-0.4, -0.2) is 27.8 Å². The van der Waals surface area contributed by atoms with Crippen molar-refractivity contribution in [3.63, 3.8) is 0 Å². The SMILES string of the molecule is CC=CC.CCc1cc2c(cc1CC)CC(NCC(O)c1ccc(O)c3[nH]c(=O)ccc13)C2. The first kappa shape index (κ1) is 24.7. The normalized spacial score (nSPS) is 14.3. The molecule has 0 saturated carbocycles. The molecule has 0 saturated heterocycles. The Morgan fingerprint density at radius 2 is 1.64 bits per heavy atom. The largest absolute Gasteiger partial charge is 0.506 e. The number of phenols is 1. The van der Waals surface area contributed by atoms with E-state index in [9.17, 15) is 15.0 Å². The molecule has 1 heterocycles. The van der Waals surface area contributed by atoms with Crippen molar-refractivity contribution in [3.05, 3.63) is 86.7 Å². The average Bonchev–Trinajstić information content (AvgIpc) is 3.24. The van der Waals surface area contributed by atoms with Gasteiger partial charge in [-0.25, -0.2) is 0 Å². The minimum absolute atomic E-state index is 0.00584. The maximum Gasteiger partial charge on any atom is 0.248 e. The van der Waals surface area contributed by atoms with E-state index < -0.39 is 6.10 Å². The van der Waals surface area contributed by atoms with E-state index in [0.29, 0.717) is 29.1 Å². The number of fused-ring (bicyclic) bond motifs is 2. The first-order valence-electron chi connectivity index (χ1n) is 11.9. The van der Waals surface area contributed by atoms with Crippen LogP contribution in [-0.2, 0) is 25.7 Å². The number of allylic oxidation sites excluding steroid dienone is 2. The minimum Gasteiger partial charge on any atom is -0.506 e. The predicted octanol–water partition coefficient (Wildman–Crippen LogP) is 4.73. The van der Waals surface area contributed by atoms with Crippen LogP contribution in [0.4, 0.5) is 0 Å². The second kappa shape index (κ2) is 11.3. The highest BCUT2D eigenvalue weighted by Crippen LogP contribution is 2.30. The molecule has 2 aromatic carbocycles. The maximum atomic E-state index is 11.6. The fraction of sp³-hybridized carbons (Fsp3) is 0.393. The number of phenolic OH excluding ortho intramolecular Hbond substituents is 1. The molecule has 0 aliphatic heterocycles. The molecular weight excluding hydrogens is 412 g/mol. The average molecular weight is 449 g/mol. The summed E-state index contributed by atoms with van der Waals surface area (Å²) in [7, 11) is 0. The van der Waals surface area contributed by atoms with Crippen molar-refractivity contribution < 1.29 is 10.2 Å². The first-order chi connectivity index (χ1) is 15.9. The highest BCUT2D eigenvalue weighted by Gasteiger charge is 2.23. The summed E-state index contributed by atoms with van der Waals surface area (Å²) in [4.78, 5) is 14.2. The van der Waals surface area contributed by atoms with Gasteiger partial charge in [0.05, 0.1) is 11.6 Å².